The minimum absolute atomic E-state index is 0.0682. The number of ketones is 2. The number of hydrogen-bond acceptors (Lipinski definition) is 9. The van der Waals surface area contributed by atoms with Gasteiger partial charge in [-0.2, -0.15) is 0 Å². The van der Waals surface area contributed by atoms with Gasteiger partial charge >= 0.3 is 0 Å². The smallest absolute Gasteiger partial charge is 0.255 e. The summed E-state index contributed by atoms with van der Waals surface area (Å²) >= 11 is 0. The number of rotatable bonds is 6. The summed E-state index contributed by atoms with van der Waals surface area (Å²) in [4.78, 5) is 40.9. The van der Waals surface area contributed by atoms with Crippen molar-refractivity contribution < 1.29 is 34.8 Å². The number of phenols is 1. The van der Waals surface area contributed by atoms with Crippen LogP contribution in [0.5, 0.6) is 5.75 Å². The molecule has 6 rings (SSSR count). The predicted octanol–water partition coefficient (Wildman–Crippen LogP) is 3.18. The quantitative estimate of drug-likeness (QED) is 0.215. The van der Waals surface area contributed by atoms with E-state index in [1.165, 1.54) is 10.5 Å². The van der Waals surface area contributed by atoms with Gasteiger partial charge in [0.15, 0.2) is 11.4 Å². The number of anilines is 1. The Morgan fingerprint density at radius 1 is 1.02 bits per heavy atom. The molecule has 2 aromatic rings. The summed E-state index contributed by atoms with van der Waals surface area (Å²) in [7, 11) is 3.16. The van der Waals surface area contributed by atoms with Gasteiger partial charge in [-0.3, -0.25) is 19.3 Å². The first-order chi connectivity index (χ1) is 20.9. The number of hydrogen-bond donors (Lipinski definition) is 6. The Morgan fingerprint density at radius 2 is 1.70 bits per heavy atom. The number of Topliss-reactive ketones (excluding diaryl/α,β-unsaturated/α-hetero) is 2. The fraction of sp³-hybridized carbons (Fsp3) is 0.441. The average molecular weight is 602 g/mol. The number of likely N-dealkylation sites (N-methyl/N-ethyl adjacent to an activating group) is 1. The molecular weight excluding hydrogens is 562 g/mol. The second kappa shape index (κ2) is 11.1. The van der Waals surface area contributed by atoms with Crippen molar-refractivity contribution in [3.05, 3.63) is 76.1 Å². The van der Waals surface area contributed by atoms with Crippen LogP contribution >= 0.6 is 0 Å². The number of nitrogens with one attached hydrogen (secondary N) is 1. The average Bonchev–Trinajstić information content (AvgIpc) is 2.97. The van der Waals surface area contributed by atoms with E-state index in [-0.39, 0.29) is 35.8 Å². The second-order valence-corrected chi connectivity index (χ2v) is 13.0. The van der Waals surface area contributed by atoms with E-state index in [4.69, 9.17) is 5.73 Å². The fourth-order valence-electron chi connectivity index (χ4n) is 8.01. The van der Waals surface area contributed by atoms with E-state index in [9.17, 15) is 34.8 Å². The Hall–Kier alpha value is -4.15. The monoisotopic (exact) mass is 601 g/mol. The summed E-state index contributed by atoms with van der Waals surface area (Å²) in [6.45, 7) is 0. The number of fused-ring (bicyclic) bond motifs is 3. The van der Waals surface area contributed by atoms with Crippen LogP contribution in [0.15, 0.2) is 59.4 Å². The number of aromatic hydroxyl groups is 1. The van der Waals surface area contributed by atoms with Crippen molar-refractivity contribution in [3.63, 3.8) is 0 Å². The molecule has 44 heavy (non-hydrogen) atoms. The van der Waals surface area contributed by atoms with E-state index in [1.807, 2.05) is 12.1 Å². The Balaban J connectivity index is 1.28. The first-order valence-corrected chi connectivity index (χ1v) is 15.2. The standard InChI is InChI=1S/C34H39N3O7/c1-37(2)27-22-16-20-15-19-10-13-23(36-21-11-8-18(9-12-21)14-17-6-4-3-5-7-17)28(38)24(19)29(39)25(20)31(41)34(22,44)32(42)26(30(27)40)33(35)43/h3-7,10,13,18,20-22,27,36,38-39,42,44H,8-9,11-12,14-16H2,1-2H3,(H2,35,43). The third-order valence-corrected chi connectivity index (χ3v) is 10.2. The summed E-state index contributed by atoms with van der Waals surface area (Å²) in [5, 5.41) is 49.1. The number of aliphatic hydroxyl groups is 3. The van der Waals surface area contributed by atoms with Crippen molar-refractivity contribution in [1.29, 1.82) is 0 Å². The van der Waals surface area contributed by atoms with Gasteiger partial charge in [-0.05, 0) is 88.1 Å². The minimum atomic E-state index is -2.64. The van der Waals surface area contributed by atoms with Crippen molar-refractivity contribution >= 4 is 28.9 Å². The van der Waals surface area contributed by atoms with Crippen LogP contribution in [0.1, 0.15) is 48.8 Å². The molecule has 0 saturated heterocycles. The molecule has 2 saturated carbocycles. The number of aliphatic hydroxyl groups excluding tert-OH is 2. The van der Waals surface area contributed by atoms with Crippen LogP contribution in [-0.4, -0.2) is 74.6 Å². The molecule has 2 fully saturated rings. The molecule has 10 nitrogen and oxygen atoms in total. The lowest BCUT2D eigenvalue weighted by Gasteiger charge is -2.50. The van der Waals surface area contributed by atoms with Gasteiger partial charge < -0.3 is 31.5 Å². The molecule has 7 N–H and O–H groups in total. The number of benzene rings is 2. The number of amides is 1. The van der Waals surface area contributed by atoms with Crippen molar-refractivity contribution in [1.82, 2.24) is 4.90 Å². The van der Waals surface area contributed by atoms with Gasteiger partial charge in [-0.25, -0.2) is 0 Å². The SMILES string of the molecule is CN(C)C1C(=O)C(C(N)=O)=C(O)C2(O)C(=O)C3=C(O)c4c(ccc(NC5CCC(Cc6ccccc6)CC5)c4O)CC3CC12. The predicted molar refractivity (Wildman–Crippen MR) is 164 cm³/mol. The highest BCUT2D eigenvalue weighted by Gasteiger charge is 2.64. The van der Waals surface area contributed by atoms with Crippen LogP contribution in [0.25, 0.3) is 5.76 Å². The van der Waals surface area contributed by atoms with Crippen molar-refractivity contribution in [2.24, 2.45) is 23.5 Å². The van der Waals surface area contributed by atoms with E-state index in [0.717, 1.165) is 32.1 Å². The van der Waals surface area contributed by atoms with Gasteiger partial charge in [-0.1, -0.05) is 36.4 Å². The molecule has 4 aliphatic carbocycles. The third kappa shape index (κ3) is 4.68. The Morgan fingerprint density at radius 3 is 2.34 bits per heavy atom. The molecule has 0 bridgehead atoms. The van der Waals surface area contributed by atoms with Crippen molar-refractivity contribution in [2.45, 2.75) is 62.6 Å². The molecule has 0 spiro atoms. The highest BCUT2D eigenvalue weighted by atomic mass is 16.3. The lowest BCUT2D eigenvalue weighted by atomic mass is 9.57. The Labute approximate surface area is 255 Å². The van der Waals surface area contributed by atoms with E-state index in [2.05, 4.69) is 29.6 Å². The number of carbonyl (C=O) groups is 3. The van der Waals surface area contributed by atoms with E-state index >= 15 is 0 Å². The molecule has 2 aromatic carbocycles. The number of phenolic OH excluding ortho intramolecular Hbond substituents is 1. The fourth-order valence-corrected chi connectivity index (χ4v) is 8.01. The maximum Gasteiger partial charge on any atom is 0.255 e. The zero-order chi connectivity index (χ0) is 31.5. The third-order valence-electron chi connectivity index (χ3n) is 10.2. The first kappa shape index (κ1) is 29.9. The molecule has 4 aliphatic rings. The Bertz CT molecular complexity index is 1590. The van der Waals surface area contributed by atoms with Crippen LogP contribution in [0, 0.1) is 17.8 Å². The van der Waals surface area contributed by atoms with Gasteiger partial charge in [0, 0.05) is 17.5 Å². The molecule has 0 aliphatic heterocycles. The molecule has 4 unspecified atom stereocenters. The van der Waals surface area contributed by atoms with Gasteiger partial charge in [0.2, 0.25) is 5.78 Å². The highest BCUT2D eigenvalue weighted by molar-refractivity contribution is 6.24. The normalized spacial score (nSPS) is 30.1. The van der Waals surface area contributed by atoms with Crippen LogP contribution < -0.4 is 11.1 Å². The topological polar surface area (TPSA) is 173 Å². The summed E-state index contributed by atoms with van der Waals surface area (Å²) < 4.78 is 0. The van der Waals surface area contributed by atoms with Crippen LogP contribution in [0.4, 0.5) is 5.69 Å². The van der Waals surface area contributed by atoms with E-state index in [0.29, 0.717) is 17.2 Å². The van der Waals surface area contributed by atoms with Crippen LogP contribution in [-0.2, 0) is 27.2 Å². The lowest BCUT2D eigenvalue weighted by molar-refractivity contribution is -0.153. The number of nitrogens with two attached hydrogens (primary N) is 1. The van der Waals surface area contributed by atoms with Gasteiger partial charge in [0.1, 0.15) is 22.8 Å². The molecule has 0 aromatic heterocycles. The Kier molecular flexibility index (Phi) is 7.53. The lowest BCUT2D eigenvalue weighted by Crippen LogP contribution is -2.65. The summed E-state index contributed by atoms with van der Waals surface area (Å²) in [6.07, 6.45) is 5.32. The first-order valence-electron chi connectivity index (χ1n) is 15.2. The number of primary amides is 1. The molecule has 0 radical (unpaired) electrons. The van der Waals surface area contributed by atoms with Crippen molar-refractivity contribution in [3.8, 4) is 5.75 Å². The van der Waals surface area contributed by atoms with Crippen LogP contribution in [0.2, 0.25) is 0 Å². The highest BCUT2D eigenvalue weighted by Crippen LogP contribution is 2.53. The van der Waals surface area contributed by atoms with Crippen molar-refractivity contribution in [2.75, 3.05) is 19.4 Å². The summed E-state index contributed by atoms with van der Waals surface area (Å²) in [5.41, 5.74) is 4.29. The van der Waals surface area contributed by atoms with E-state index < -0.39 is 58.0 Å². The molecule has 232 valence electrons. The zero-order valence-electron chi connectivity index (χ0n) is 24.9. The zero-order valence-corrected chi connectivity index (χ0v) is 24.9. The molecule has 1 amide bonds. The van der Waals surface area contributed by atoms with Gasteiger partial charge in [-0.15, -0.1) is 0 Å². The second-order valence-electron chi connectivity index (χ2n) is 13.0. The molecule has 0 heterocycles. The molecular formula is C34H39N3O7. The number of nitrogens with zero attached hydrogens (tertiary/aromatic N) is 1. The summed E-state index contributed by atoms with van der Waals surface area (Å²) in [5.74, 6) is -5.87. The summed E-state index contributed by atoms with van der Waals surface area (Å²) in [6, 6.07) is 13.1. The van der Waals surface area contributed by atoms with E-state index in [1.54, 1.807) is 20.2 Å². The molecule has 4 atom stereocenters. The maximum atomic E-state index is 14.0. The maximum absolute atomic E-state index is 14.0. The van der Waals surface area contributed by atoms with Gasteiger partial charge in [0.25, 0.3) is 5.91 Å². The molecule has 10 heteroatoms. The largest absolute Gasteiger partial charge is 0.508 e. The number of carbonyl (C=O) groups excluding carboxylic acids is 3. The van der Waals surface area contributed by atoms with Crippen LogP contribution in [0.3, 0.4) is 0 Å². The minimum Gasteiger partial charge on any atom is -0.508 e. The van der Waals surface area contributed by atoms with Gasteiger partial charge in [0.05, 0.1) is 17.3 Å².